The summed E-state index contributed by atoms with van der Waals surface area (Å²) in [5.74, 6) is 1.12. The molecule has 0 aliphatic carbocycles. The first-order valence-electron chi connectivity index (χ1n) is 10.7. The second-order valence-corrected chi connectivity index (χ2v) is 7.64. The minimum atomic E-state index is -0.201. The molecule has 2 amide bonds. The number of carbonyl (C=O) groups excluding carboxylic acids is 2. The van der Waals surface area contributed by atoms with Crippen molar-refractivity contribution >= 4 is 17.5 Å². The summed E-state index contributed by atoms with van der Waals surface area (Å²) in [5.41, 5.74) is 2.46. The summed E-state index contributed by atoms with van der Waals surface area (Å²) in [6, 6.07) is 11.4. The van der Waals surface area contributed by atoms with E-state index < -0.39 is 0 Å². The van der Waals surface area contributed by atoms with Crippen molar-refractivity contribution in [2.45, 2.75) is 26.8 Å². The monoisotopic (exact) mass is 451 g/mol. The van der Waals surface area contributed by atoms with E-state index in [9.17, 15) is 9.59 Å². The fourth-order valence-electron chi connectivity index (χ4n) is 2.93. The van der Waals surface area contributed by atoms with Gasteiger partial charge < -0.3 is 19.7 Å². The number of benzene rings is 1. The minimum Gasteiger partial charge on any atom is -0.492 e. The van der Waals surface area contributed by atoms with Crippen LogP contribution in [0, 0.1) is 13.8 Å². The molecule has 0 bridgehead atoms. The van der Waals surface area contributed by atoms with Gasteiger partial charge in [-0.2, -0.15) is 5.10 Å². The van der Waals surface area contributed by atoms with E-state index in [0.29, 0.717) is 24.6 Å². The number of hydrogen-bond acceptors (Lipinski definition) is 6. The van der Waals surface area contributed by atoms with Crippen LogP contribution >= 0.6 is 0 Å². The van der Waals surface area contributed by atoms with Gasteiger partial charge >= 0.3 is 0 Å². The van der Waals surface area contributed by atoms with Gasteiger partial charge in [-0.15, -0.1) is 0 Å². The average Bonchev–Trinajstić information content (AvgIpc) is 3.22. The summed E-state index contributed by atoms with van der Waals surface area (Å²) < 4.78 is 12.8. The maximum Gasteiger partial charge on any atom is 0.244 e. The smallest absolute Gasteiger partial charge is 0.244 e. The lowest BCUT2D eigenvalue weighted by atomic mass is 10.2. The van der Waals surface area contributed by atoms with Crippen molar-refractivity contribution in [3.63, 3.8) is 0 Å². The molecule has 0 saturated heterocycles. The number of aromatic nitrogens is 3. The van der Waals surface area contributed by atoms with Crippen molar-refractivity contribution in [3.05, 3.63) is 66.2 Å². The number of anilines is 1. The molecule has 0 aliphatic heterocycles. The standard InChI is InChI=1S/C24H29N5O4/c1-18-6-8-21(9-7-18)32-14-12-28(3)24(31)17-29-16-20(15-26-29)27-23(30)10-13-33-22-5-4-11-25-19(22)2/h4-9,11,15-16H,10,12-14,17H2,1-3H3,(H,27,30). The van der Waals surface area contributed by atoms with Crippen molar-refractivity contribution in [1.82, 2.24) is 19.7 Å². The molecule has 33 heavy (non-hydrogen) atoms. The average molecular weight is 452 g/mol. The molecule has 0 atom stereocenters. The number of pyridine rings is 1. The summed E-state index contributed by atoms with van der Waals surface area (Å²) in [6.45, 7) is 5.02. The van der Waals surface area contributed by atoms with Gasteiger partial charge in [0.1, 0.15) is 24.7 Å². The third kappa shape index (κ3) is 7.64. The number of aryl methyl sites for hydroxylation is 2. The van der Waals surface area contributed by atoms with Gasteiger partial charge in [-0.25, -0.2) is 0 Å². The van der Waals surface area contributed by atoms with E-state index in [2.05, 4.69) is 15.4 Å². The zero-order valence-corrected chi connectivity index (χ0v) is 19.2. The maximum atomic E-state index is 12.4. The quantitative estimate of drug-likeness (QED) is 0.481. The van der Waals surface area contributed by atoms with Crippen LogP contribution in [-0.2, 0) is 16.1 Å². The van der Waals surface area contributed by atoms with Crippen LogP contribution in [0.5, 0.6) is 11.5 Å². The fraction of sp³-hybridized carbons (Fsp3) is 0.333. The number of rotatable bonds is 11. The minimum absolute atomic E-state index is 0.0697. The Labute approximate surface area is 193 Å². The number of nitrogens with zero attached hydrogens (tertiary/aromatic N) is 4. The van der Waals surface area contributed by atoms with Gasteiger partial charge in [0.2, 0.25) is 11.8 Å². The van der Waals surface area contributed by atoms with E-state index in [0.717, 1.165) is 17.0 Å². The highest BCUT2D eigenvalue weighted by atomic mass is 16.5. The highest BCUT2D eigenvalue weighted by Crippen LogP contribution is 2.14. The number of likely N-dealkylation sites (N-methyl/N-ethyl adjacent to an activating group) is 1. The molecule has 0 saturated carbocycles. The summed E-state index contributed by atoms with van der Waals surface area (Å²) in [7, 11) is 1.72. The van der Waals surface area contributed by atoms with Crippen molar-refractivity contribution in [2.24, 2.45) is 0 Å². The van der Waals surface area contributed by atoms with Gasteiger partial charge in [-0.1, -0.05) is 17.7 Å². The first kappa shape index (κ1) is 23.8. The summed E-state index contributed by atoms with van der Waals surface area (Å²) in [5, 5.41) is 6.91. The van der Waals surface area contributed by atoms with Crippen LogP contribution in [0.2, 0.25) is 0 Å². The number of nitrogens with one attached hydrogen (secondary N) is 1. The Morgan fingerprint density at radius 1 is 1.09 bits per heavy atom. The maximum absolute atomic E-state index is 12.4. The molecule has 1 aromatic carbocycles. The summed E-state index contributed by atoms with van der Waals surface area (Å²) >= 11 is 0. The normalized spacial score (nSPS) is 10.5. The number of carbonyl (C=O) groups is 2. The Hall–Kier alpha value is -3.88. The van der Waals surface area contributed by atoms with Gasteiger partial charge in [0, 0.05) is 19.4 Å². The highest BCUT2D eigenvalue weighted by molar-refractivity contribution is 5.90. The van der Waals surface area contributed by atoms with E-state index in [1.54, 1.807) is 30.4 Å². The topological polar surface area (TPSA) is 98.6 Å². The van der Waals surface area contributed by atoms with Crippen LogP contribution in [0.4, 0.5) is 5.69 Å². The molecule has 0 spiro atoms. The Morgan fingerprint density at radius 3 is 2.64 bits per heavy atom. The predicted molar refractivity (Wildman–Crippen MR) is 124 cm³/mol. The SMILES string of the molecule is Cc1ccc(OCCN(C)C(=O)Cn2cc(NC(=O)CCOc3cccnc3C)cn2)cc1. The van der Waals surface area contributed by atoms with Crippen LogP contribution < -0.4 is 14.8 Å². The van der Waals surface area contributed by atoms with Gasteiger partial charge in [0.15, 0.2) is 0 Å². The third-order valence-electron chi connectivity index (χ3n) is 4.90. The van der Waals surface area contributed by atoms with E-state index in [1.807, 2.05) is 44.2 Å². The fourth-order valence-corrected chi connectivity index (χ4v) is 2.93. The lowest BCUT2D eigenvalue weighted by Crippen LogP contribution is -2.33. The first-order chi connectivity index (χ1) is 15.9. The molecule has 2 heterocycles. The van der Waals surface area contributed by atoms with E-state index >= 15 is 0 Å². The Balaban J connectivity index is 1.37. The molecule has 1 N–H and O–H groups in total. The van der Waals surface area contributed by atoms with Crippen molar-refractivity contribution < 1.29 is 19.1 Å². The summed E-state index contributed by atoms with van der Waals surface area (Å²) in [6.07, 6.45) is 5.01. The molecule has 0 unspecified atom stereocenters. The second-order valence-electron chi connectivity index (χ2n) is 7.64. The lowest BCUT2D eigenvalue weighted by molar-refractivity contribution is -0.131. The highest BCUT2D eigenvalue weighted by Gasteiger charge is 2.12. The molecule has 3 rings (SSSR count). The third-order valence-corrected chi connectivity index (χ3v) is 4.90. The van der Waals surface area contributed by atoms with E-state index in [-0.39, 0.29) is 31.4 Å². The molecule has 174 valence electrons. The molecule has 0 fully saturated rings. The van der Waals surface area contributed by atoms with Crippen LogP contribution in [0.1, 0.15) is 17.7 Å². The summed E-state index contributed by atoms with van der Waals surface area (Å²) in [4.78, 5) is 30.3. The molecule has 2 aromatic heterocycles. The Kier molecular flexibility index (Phi) is 8.40. The molecule has 9 nitrogen and oxygen atoms in total. The number of ether oxygens (including phenoxy) is 2. The molecular formula is C24H29N5O4. The van der Waals surface area contributed by atoms with Gasteiger partial charge in [-0.3, -0.25) is 19.3 Å². The number of hydrogen-bond donors (Lipinski definition) is 1. The van der Waals surface area contributed by atoms with Crippen molar-refractivity contribution in [1.29, 1.82) is 0 Å². The molecular weight excluding hydrogens is 422 g/mol. The van der Waals surface area contributed by atoms with Crippen LogP contribution in [-0.4, -0.2) is 58.3 Å². The van der Waals surface area contributed by atoms with Gasteiger partial charge in [0.05, 0.1) is 37.2 Å². The molecule has 0 radical (unpaired) electrons. The van der Waals surface area contributed by atoms with Crippen LogP contribution in [0.3, 0.4) is 0 Å². The lowest BCUT2D eigenvalue weighted by Gasteiger charge is -2.17. The molecule has 0 aliphatic rings. The first-order valence-corrected chi connectivity index (χ1v) is 10.7. The van der Waals surface area contributed by atoms with Crippen molar-refractivity contribution in [3.8, 4) is 11.5 Å². The molecule has 9 heteroatoms. The Bertz CT molecular complexity index is 1060. The zero-order valence-electron chi connectivity index (χ0n) is 19.2. The van der Waals surface area contributed by atoms with E-state index in [4.69, 9.17) is 9.47 Å². The zero-order chi connectivity index (χ0) is 23.6. The Morgan fingerprint density at radius 2 is 1.88 bits per heavy atom. The predicted octanol–water partition coefficient (Wildman–Crippen LogP) is 2.84. The largest absolute Gasteiger partial charge is 0.492 e. The van der Waals surface area contributed by atoms with E-state index in [1.165, 1.54) is 10.9 Å². The number of amides is 2. The second kappa shape index (κ2) is 11.7. The van der Waals surface area contributed by atoms with Crippen molar-refractivity contribution in [2.75, 3.05) is 32.1 Å². The van der Waals surface area contributed by atoms with Gasteiger partial charge in [0.25, 0.3) is 0 Å². The van der Waals surface area contributed by atoms with Crippen LogP contribution in [0.25, 0.3) is 0 Å². The van der Waals surface area contributed by atoms with Crippen LogP contribution in [0.15, 0.2) is 55.0 Å². The molecule has 3 aromatic rings. The van der Waals surface area contributed by atoms with Gasteiger partial charge in [-0.05, 0) is 38.1 Å².